The van der Waals surface area contributed by atoms with Gasteiger partial charge in [0.05, 0.1) is 26.4 Å². The van der Waals surface area contributed by atoms with E-state index in [1.807, 2.05) is 0 Å². The van der Waals surface area contributed by atoms with E-state index in [2.05, 4.69) is 72.8 Å². The number of unbranched alkanes of at least 4 members (excludes halogenated alkanes) is 31. The molecule has 0 aromatic rings. The minimum absolute atomic E-state index is 0.0844. The Kier molecular flexibility index (Phi) is 58.8. The van der Waals surface area contributed by atoms with E-state index in [1.54, 1.807) is 0 Å². The van der Waals surface area contributed by atoms with Gasteiger partial charge in [-0.1, -0.05) is 272 Å². The molecule has 0 bridgehead atoms. The Morgan fingerprint density at radius 3 is 0.910 bits per heavy atom. The first kappa shape index (κ1) is 86.5. The van der Waals surface area contributed by atoms with Crippen LogP contribution in [-0.2, 0) is 65.4 Å². The highest BCUT2D eigenvalue weighted by Crippen LogP contribution is 2.45. The SMILES string of the molecule is CCCCCC/C=C\C=C/CCCCCCCC(=O)O[C@H](COC(=O)CCCCCCCCCCCCCCCC(C)C)COP(=O)(O)OC[C@@H](O)COP(=O)(O)OC[C@@H](COC(=O)CCCCCCCCC(C)C)OC(=O)CCCCCCCCC(C)C. The molecule has 0 radical (unpaired) electrons. The minimum Gasteiger partial charge on any atom is -0.462 e. The third-order valence-electron chi connectivity index (χ3n) is 15.5. The fraction of sp³-hybridized carbons (Fsp3) is 0.886. The number of carbonyl (C=O) groups excluding carboxylic acids is 4. The Morgan fingerprint density at radius 2 is 0.607 bits per heavy atom. The third-order valence-corrected chi connectivity index (χ3v) is 17.4. The van der Waals surface area contributed by atoms with Crippen molar-refractivity contribution in [2.45, 2.75) is 343 Å². The van der Waals surface area contributed by atoms with Gasteiger partial charge < -0.3 is 33.8 Å². The predicted octanol–water partition coefficient (Wildman–Crippen LogP) is 19.4. The second kappa shape index (κ2) is 60.5. The largest absolute Gasteiger partial charge is 0.472 e. The highest BCUT2D eigenvalue weighted by molar-refractivity contribution is 7.47. The zero-order valence-corrected chi connectivity index (χ0v) is 59.2. The van der Waals surface area contributed by atoms with Crippen molar-refractivity contribution < 1.29 is 80.2 Å². The second-order valence-electron chi connectivity index (χ2n) is 26.0. The summed E-state index contributed by atoms with van der Waals surface area (Å²) in [4.78, 5) is 72.4. The van der Waals surface area contributed by atoms with Crippen LogP contribution < -0.4 is 0 Å². The van der Waals surface area contributed by atoms with Gasteiger partial charge in [-0.05, 0) is 69.1 Å². The Morgan fingerprint density at radius 1 is 0.348 bits per heavy atom. The fourth-order valence-electron chi connectivity index (χ4n) is 10.0. The molecule has 0 amide bonds. The van der Waals surface area contributed by atoms with Gasteiger partial charge in [-0.25, -0.2) is 9.13 Å². The summed E-state index contributed by atoms with van der Waals surface area (Å²) < 4.78 is 68.1. The van der Waals surface area contributed by atoms with E-state index in [0.29, 0.717) is 37.5 Å². The highest BCUT2D eigenvalue weighted by Gasteiger charge is 2.30. The number of ether oxygens (including phenoxy) is 4. The lowest BCUT2D eigenvalue weighted by Crippen LogP contribution is -2.30. The van der Waals surface area contributed by atoms with Crippen molar-refractivity contribution in [1.29, 1.82) is 0 Å². The van der Waals surface area contributed by atoms with E-state index < -0.39 is 97.5 Å². The molecular formula is C70H132O17P2. The molecule has 0 rings (SSSR count). The van der Waals surface area contributed by atoms with Gasteiger partial charge in [0, 0.05) is 25.7 Å². The first-order valence-corrected chi connectivity index (χ1v) is 38.7. The fourth-order valence-corrected chi connectivity index (χ4v) is 11.6. The van der Waals surface area contributed by atoms with Gasteiger partial charge in [-0.15, -0.1) is 0 Å². The summed E-state index contributed by atoms with van der Waals surface area (Å²) in [5.41, 5.74) is 0. The number of phosphoric acid groups is 2. The smallest absolute Gasteiger partial charge is 0.462 e. The lowest BCUT2D eigenvalue weighted by atomic mass is 10.0. The molecule has 0 aromatic heterocycles. The van der Waals surface area contributed by atoms with Crippen LogP contribution in [-0.4, -0.2) is 96.7 Å². The van der Waals surface area contributed by atoms with Gasteiger partial charge >= 0.3 is 39.5 Å². The Balaban J connectivity index is 5.26. The lowest BCUT2D eigenvalue weighted by molar-refractivity contribution is -0.161. The Bertz CT molecular complexity index is 1840. The molecule has 0 aromatic carbocycles. The van der Waals surface area contributed by atoms with Crippen LogP contribution >= 0.6 is 15.6 Å². The molecular weight excluding hydrogens is 1170 g/mol. The number of hydrogen-bond donors (Lipinski definition) is 3. The van der Waals surface area contributed by atoms with Gasteiger partial charge in [-0.2, -0.15) is 0 Å². The van der Waals surface area contributed by atoms with E-state index in [9.17, 15) is 43.2 Å². The van der Waals surface area contributed by atoms with E-state index in [0.717, 1.165) is 115 Å². The van der Waals surface area contributed by atoms with E-state index >= 15 is 0 Å². The van der Waals surface area contributed by atoms with Gasteiger partial charge in [0.2, 0.25) is 0 Å². The highest BCUT2D eigenvalue weighted by atomic mass is 31.2. The average Bonchev–Trinajstić information content (AvgIpc) is 3.69. The van der Waals surface area contributed by atoms with Crippen molar-refractivity contribution in [2.24, 2.45) is 17.8 Å². The number of carbonyl (C=O) groups is 4. The number of allylic oxidation sites excluding steroid dienone is 4. The molecule has 0 spiro atoms. The summed E-state index contributed by atoms with van der Waals surface area (Å²) in [6.07, 6.45) is 47.0. The quantitative estimate of drug-likeness (QED) is 0.0169. The molecule has 524 valence electrons. The van der Waals surface area contributed by atoms with Crippen molar-refractivity contribution >= 4 is 39.5 Å². The maximum Gasteiger partial charge on any atom is 0.472 e. The van der Waals surface area contributed by atoms with Crippen LogP contribution in [0.15, 0.2) is 24.3 Å². The van der Waals surface area contributed by atoms with Crippen molar-refractivity contribution in [3.63, 3.8) is 0 Å². The molecule has 0 aliphatic carbocycles. The monoisotopic (exact) mass is 1310 g/mol. The maximum absolute atomic E-state index is 13.0. The first-order chi connectivity index (χ1) is 42.7. The number of hydrogen-bond acceptors (Lipinski definition) is 15. The summed E-state index contributed by atoms with van der Waals surface area (Å²) in [6, 6.07) is 0. The lowest BCUT2D eigenvalue weighted by Gasteiger charge is -2.21. The molecule has 0 fully saturated rings. The molecule has 5 atom stereocenters. The van der Waals surface area contributed by atoms with Gasteiger partial charge in [0.25, 0.3) is 0 Å². The minimum atomic E-state index is -4.96. The summed E-state index contributed by atoms with van der Waals surface area (Å²) in [6.45, 7) is 11.6. The van der Waals surface area contributed by atoms with E-state index in [1.165, 1.54) is 116 Å². The van der Waals surface area contributed by atoms with Gasteiger partial charge in [0.1, 0.15) is 19.3 Å². The van der Waals surface area contributed by atoms with Gasteiger partial charge in [-0.3, -0.25) is 37.3 Å². The van der Waals surface area contributed by atoms with Crippen LogP contribution in [0.3, 0.4) is 0 Å². The number of rotatable bonds is 66. The number of aliphatic hydroxyl groups is 1. The van der Waals surface area contributed by atoms with Crippen molar-refractivity contribution in [1.82, 2.24) is 0 Å². The maximum atomic E-state index is 13.0. The zero-order chi connectivity index (χ0) is 65.9. The summed E-state index contributed by atoms with van der Waals surface area (Å²) in [5.74, 6) is -0.0294. The summed E-state index contributed by atoms with van der Waals surface area (Å²) >= 11 is 0. The summed E-state index contributed by atoms with van der Waals surface area (Å²) in [7, 11) is -9.91. The normalized spacial score (nSPS) is 14.4. The molecule has 19 heteroatoms. The van der Waals surface area contributed by atoms with Crippen LogP contribution in [0.25, 0.3) is 0 Å². The molecule has 0 aliphatic heterocycles. The number of esters is 4. The van der Waals surface area contributed by atoms with Crippen LogP contribution in [0.5, 0.6) is 0 Å². The standard InChI is InChI=1S/C70H132O17P2/c1-8-9-10-11-12-13-14-15-16-19-23-26-29-39-46-53-69(74)86-65(57-80-67(72)51-44-37-28-25-22-20-17-18-21-24-27-34-41-48-61(2)3)59-84-88(76,77)82-55-64(71)56-83-89(78,79)85-60-66(87-70(75)54-47-40-33-31-36-43-50-63(6)7)58-81-68(73)52-45-38-32-30-35-42-49-62(4)5/h13-16,61-66,71H,8-12,17-60H2,1-7H3,(H,76,77)(H,78,79)/b14-13-,16-15-/t64-,65-,66-/m1/s1. The number of phosphoric ester groups is 2. The predicted molar refractivity (Wildman–Crippen MR) is 358 cm³/mol. The first-order valence-electron chi connectivity index (χ1n) is 35.7. The Hall–Kier alpha value is -2.46. The third kappa shape index (κ3) is 64.1. The zero-order valence-electron chi connectivity index (χ0n) is 57.4. The van der Waals surface area contributed by atoms with Gasteiger partial charge in [0.15, 0.2) is 12.2 Å². The van der Waals surface area contributed by atoms with Crippen LogP contribution in [0.1, 0.15) is 325 Å². The average molecular weight is 1310 g/mol. The molecule has 0 saturated heterocycles. The van der Waals surface area contributed by atoms with Crippen molar-refractivity contribution in [3.8, 4) is 0 Å². The Labute approximate surface area is 542 Å². The second-order valence-corrected chi connectivity index (χ2v) is 28.9. The van der Waals surface area contributed by atoms with E-state index in [4.69, 9.17) is 37.0 Å². The molecule has 0 saturated carbocycles. The van der Waals surface area contributed by atoms with Crippen molar-refractivity contribution in [2.75, 3.05) is 39.6 Å². The molecule has 2 unspecified atom stereocenters. The molecule has 3 N–H and O–H groups in total. The summed E-state index contributed by atoms with van der Waals surface area (Å²) in [5, 5.41) is 10.6. The molecule has 0 aliphatic rings. The van der Waals surface area contributed by atoms with Crippen LogP contribution in [0.2, 0.25) is 0 Å². The van der Waals surface area contributed by atoms with Crippen LogP contribution in [0, 0.1) is 17.8 Å². The molecule has 17 nitrogen and oxygen atoms in total. The van der Waals surface area contributed by atoms with Crippen molar-refractivity contribution in [3.05, 3.63) is 24.3 Å². The topological polar surface area (TPSA) is 237 Å². The number of aliphatic hydroxyl groups excluding tert-OH is 1. The molecule has 89 heavy (non-hydrogen) atoms. The molecule has 0 heterocycles. The van der Waals surface area contributed by atoms with E-state index in [-0.39, 0.29) is 25.7 Å². The van der Waals surface area contributed by atoms with Crippen LogP contribution in [0.4, 0.5) is 0 Å².